The number of rotatable bonds is 2. The maximum absolute atomic E-state index is 12.4. The maximum atomic E-state index is 12.4. The Morgan fingerprint density at radius 3 is 2.71 bits per heavy atom. The molecule has 3 aromatic rings. The number of benzene rings is 1. The normalized spacial score (nSPS) is 24.2. The number of nitrogens with zero attached hydrogens (tertiary/aromatic N) is 5. The van der Waals surface area contributed by atoms with Crippen LogP contribution in [-0.2, 0) is 11.8 Å². The Morgan fingerprint density at radius 2 is 1.93 bits per heavy atom. The van der Waals surface area contributed by atoms with Gasteiger partial charge in [0.25, 0.3) is 0 Å². The molecule has 2 aromatic heterocycles. The Kier molecular flexibility index (Phi) is 3.89. The van der Waals surface area contributed by atoms with E-state index < -0.39 is 0 Å². The summed E-state index contributed by atoms with van der Waals surface area (Å²) in [6, 6.07) is 10.7. The second-order valence-electron chi connectivity index (χ2n) is 8.16. The van der Waals surface area contributed by atoms with Gasteiger partial charge in [-0.2, -0.15) is 0 Å². The van der Waals surface area contributed by atoms with Crippen molar-refractivity contribution in [2.24, 2.45) is 18.9 Å². The van der Waals surface area contributed by atoms with Crippen LogP contribution in [0.5, 0.6) is 0 Å². The van der Waals surface area contributed by atoms with Crippen LogP contribution in [0.4, 0.5) is 5.82 Å². The van der Waals surface area contributed by atoms with Crippen molar-refractivity contribution in [3.05, 3.63) is 54.0 Å². The van der Waals surface area contributed by atoms with Gasteiger partial charge in [-0.1, -0.05) is 24.3 Å². The Morgan fingerprint density at radius 1 is 1.11 bits per heavy atom. The summed E-state index contributed by atoms with van der Waals surface area (Å²) >= 11 is 0. The number of hydrogen-bond acceptors (Lipinski definition) is 4. The molecule has 0 N–H and O–H groups in total. The molecule has 5 rings (SSSR count). The first-order valence-corrected chi connectivity index (χ1v) is 9.88. The molecule has 0 unspecified atom stereocenters. The van der Waals surface area contributed by atoms with Gasteiger partial charge in [0.15, 0.2) is 0 Å². The number of fused-ring (bicyclic) bond motifs is 2. The largest absolute Gasteiger partial charge is 0.355 e. The van der Waals surface area contributed by atoms with E-state index in [2.05, 4.69) is 57.0 Å². The van der Waals surface area contributed by atoms with Crippen LogP contribution in [0.25, 0.3) is 11.0 Å². The SMILES string of the molecule is CC(=O)N1C[C@H]2CN(c3ncnc4c3ccn4C)C[C@H]2[C@H]1c1ccccc1C. The van der Waals surface area contributed by atoms with E-state index in [0.717, 1.165) is 36.5 Å². The van der Waals surface area contributed by atoms with Crippen molar-refractivity contribution in [1.29, 1.82) is 0 Å². The Labute approximate surface area is 164 Å². The van der Waals surface area contributed by atoms with Gasteiger partial charge in [0.2, 0.25) is 5.91 Å². The number of carbonyl (C=O) groups is 1. The topological polar surface area (TPSA) is 54.3 Å². The highest BCUT2D eigenvalue weighted by atomic mass is 16.2. The number of hydrogen-bond donors (Lipinski definition) is 0. The smallest absolute Gasteiger partial charge is 0.219 e. The average Bonchev–Trinajstić information content (AvgIpc) is 3.35. The molecule has 0 bridgehead atoms. The van der Waals surface area contributed by atoms with Crippen molar-refractivity contribution < 1.29 is 4.79 Å². The van der Waals surface area contributed by atoms with Gasteiger partial charge < -0.3 is 14.4 Å². The molecular formula is C22H25N5O. The predicted molar refractivity (Wildman–Crippen MR) is 109 cm³/mol. The van der Waals surface area contributed by atoms with Gasteiger partial charge in [-0.05, 0) is 24.1 Å². The minimum absolute atomic E-state index is 0.141. The maximum Gasteiger partial charge on any atom is 0.219 e. The van der Waals surface area contributed by atoms with E-state index in [1.807, 2.05) is 17.8 Å². The molecule has 0 radical (unpaired) electrons. The zero-order valence-corrected chi connectivity index (χ0v) is 16.5. The molecule has 6 nitrogen and oxygen atoms in total. The summed E-state index contributed by atoms with van der Waals surface area (Å²) in [5.41, 5.74) is 3.49. The van der Waals surface area contributed by atoms with Crippen LogP contribution in [0.2, 0.25) is 0 Å². The first-order valence-electron chi connectivity index (χ1n) is 9.88. The highest BCUT2D eigenvalue weighted by molar-refractivity contribution is 5.88. The number of likely N-dealkylation sites (tertiary alicyclic amines) is 1. The van der Waals surface area contributed by atoms with Gasteiger partial charge in [-0.3, -0.25) is 4.79 Å². The molecule has 1 amide bonds. The summed E-state index contributed by atoms with van der Waals surface area (Å²) in [4.78, 5) is 25.9. The Balaban J connectivity index is 1.51. The molecule has 28 heavy (non-hydrogen) atoms. The molecule has 2 saturated heterocycles. The third kappa shape index (κ3) is 2.51. The molecule has 2 aliphatic rings. The summed E-state index contributed by atoms with van der Waals surface area (Å²) in [6.45, 7) is 6.50. The van der Waals surface area contributed by atoms with E-state index in [0.29, 0.717) is 11.8 Å². The highest BCUT2D eigenvalue weighted by Crippen LogP contribution is 2.47. The van der Waals surface area contributed by atoms with Crippen LogP contribution in [0.1, 0.15) is 24.1 Å². The molecule has 144 valence electrons. The molecule has 2 fully saturated rings. The molecule has 0 saturated carbocycles. The van der Waals surface area contributed by atoms with Crippen LogP contribution in [0.3, 0.4) is 0 Å². The van der Waals surface area contributed by atoms with Gasteiger partial charge in [0.1, 0.15) is 17.8 Å². The lowest BCUT2D eigenvalue weighted by atomic mass is 9.87. The van der Waals surface area contributed by atoms with Gasteiger partial charge in [0.05, 0.1) is 11.4 Å². The van der Waals surface area contributed by atoms with Crippen LogP contribution in [-0.4, -0.2) is 45.0 Å². The van der Waals surface area contributed by atoms with E-state index in [1.54, 1.807) is 13.3 Å². The second kappa shape index (κ2) is 6.33. The fraction of sp³-hybridized carbons (Fsp3) is 0.409. The first-order chi connectivity index (χ1) is 13.5. The number of amides is 1. The molecule has 1 aromatic carbocycles. The molecule has 2 aliphatic heterocycles. The second-order valence-corrected chi connectivity index (χ2v) is 8.16. The Bertz CT molecular complexity index is 1060. The van der Waals surface area contributed by atoms with Gasteiger partial charge in [-0.15, -0.1) is 0 Å². The molecule has 0 spiro atoms. The van der Waals surface area contributed by atoms with Crippen LogP contribution < -0.4 is 4.90 Å². The standard InChI is InChI=1S/C22H25N5O/c1-14-6-4-5-7-17(14)20-19-12-26(10-16(19)11-27(20)15(2)28)22-18-8-9-25(3)21(18)23-13-24-22/h4-9,13,16,19-20H,10-12H2,1-3H3/t16-,19-,20-/m1/s1. The summed E-state index contributed by atoms with van der Waals surface area (Å²) in [7, 11) is 2.01. The zero-order chi connectivity index (χ0) is 19.4. The van der Waals surface area contributed by atoms with Gasteiger partial charge in [-0.25, -0.2) is 9.97 Å². The van der Waals surface area contributed by atoms with Crippen molar-refractivity contribution in [3.8, 4) is 0 Å². The zero-order valence-electron chi connectivity index (χ0n) is 16.5. The minimum atomic E-state index is 0.141. The van der Waals surface area contributed by atoms with E-state index in [9.17, 15) is 4.79 Å². The lowest BCUT2D eigenvalue weighted by molar-refractivity contribution is -0.130. The first kappa shape index (κ1) is 17.2. The monoisotopic (exact) mass is 375 g/mol. The van der Waals surface area contributed by atoms with Crippen LogP contribution in [0, 0.1) is 18.8 Å². The van der Waals surface area contributed by atoms with Gasteiger partial charge >= 0.3 is 0 Å². The van der Waals surface area contributed by atoms with Crippen molar-refractivity contribution >= 4 is 22.8 Å². The molecule has 6 heteroatoms. The summed E-state index contributed by atoms with van der Waals surface area (Å²) in [5, 5.41) is 1.10. The number of carbonyl (C=O) groups excluding carboxylic acids is 1. The van der Waals surface area contributed by atoms with Crippen molar-refractivity contribution in [2.45, 2.75) is 19.9 Å². The van der Waals surface area contributed by atoms with E-state index in [4.69, 9.17) is 0 Å². The highest BCUT2D eigenvalue weighted by Gasteiger charge is 2.49. The van der Waals surface area contributed by atoms with E-state index >= 15 is 0 Å². The van der Waals surface area contributed by atoms with E-state index in [1.165, 1.54) is 11.1 Å². The molecule has 0 aliphatic carbocycles. The third-order valence-electron chi connectivity index (χ3n) is 6.52. The fourth-order valence-electron chi connectivity index (χ4n) is 5.18. The lowest BCUT2D eigenvalue weighted by Gasteiger charge is -2.30. The number of aromatic nitrogens is 3. The van der Waals surface area contributed by atoms with Crippen molar-refractivity contribution in [1.82, 2.24) is 19.4 Å². The fourth-order valence-corrected chi connectivity index (χ4v) is 5.18. The third-order valence-corrected chi connectivity index (χ3v) is 6.52. The number of aryl methyl sites for hydroxylation is 2. The van der Waals surface area contributed by atoms with E-state index in [-0.39, 0.29) is 11.9 Å². The van der Waals surface area contributed by atoms with Gasteiger partial charge in [0, 0.05) is 51.6 Å². The van der Waals surface area contributed by atoms with Crippen molar-refractivity contribution in [3.63, 3.8) is 0 Å². The Hall–Kier alpha value is -2.89. The molecule has 3 atom stereocenters. The molecule has 4 heterocycles. The summed E-state index contributed by atoms with van der Waals surface area (Å²) < 4.78 is 2.03. The summed E-state index contributed by atoms with van der Waals surface area (Å²) in [5.74, 6) is 2.06. The average molecular weight is 375 g/mol. The van der Waals surface area contributed by atoms with Crippen LogP contribution >= 0.6 is 0 Å². The summed E-state index contributed by atoms with van der Waals surface area (Å²) in [6.07, 6.45) is 3.69. The van der Waals surface area contributed by atoms with Crippen LogP contribution in [0.15, 0.2) is 42.9 Å². The lowest BCUT2D eigenvalue weighted by Crippen LogP contribution is -2.34. The molecular weight excluding hydrogens is 350 g/mol. The quantitative estimate of drug-likeness (QED) is 0.691. The van der Waals surface area contributed by atoms with Crippen molar-refractivity contribution in [2.75, 3.05) is 24.5 Å². The predicted octanol–water partition coefficient (Wildman–Crippen LogP) is 2.93. The number of anilines is 1. The minimum Gasteiger partial charge on any atom is -0.355 e.